The van der Waals surface area contributed by atoms with E-state index in [1.54, 1.807) is 0 Å². The maximum absolute atomic E-state index is 13.2. The van der Waals surface area contributed by atoms with Gasteiger partial charge in [0, 0.05) is 12.7 Å². The molecule has 14 heavy (non-hydrogen) atoms. The van der Waals surface area contributed by atoms with Gasteiger partial charge in [-0.3, -0.25) is 0 Å². The molecule has 0 bridgehead atoms. The number of nitrogens with zero attached hydrogens (tertiary/aromatic N) is 1. The molecule has 1 aliphatic carbocycles. The Hall–Kier alpha value is -0.830. The molecule has 2 rings (SSSR count). The quantitative estimate of drug-likeness (QED) is 0.837. The van der Waals surface area contributed by atoms with Gasteiger partial charge in [0.25, 0.3) is 0 Å². The van der Waals surface area contributed by atoms with Crippen LogP contribution in [0.5, 0.6) is 0 Å². The summed E-state index contributed by atoms with van der Waals surface area (Å²) in [6, 6.07) is 1.28. The third kappa shape index (κ3) is 2.15. The molecule has 0 saturated heterocycles. The van der Waals surface area contributed by atoms with Crippen molar-refractivity contribution in [1.82, 2.24) is 4.98 Å². The van der Waals surface area contributed by atoms with E-state index in [0.717, 1.165) is 6.54 Å². The minimum absolute atomic E-state index is 0.307. The van der Waals surface area contributed by atoms with Gasteiger partial charge in [-0.05, 0) is 24.8 Å². The maximum Gasteiger partial charge on any atom is 0.166 e. The molecule has 2 nitrogen and oxygen atoms in total. The van der Waals surface area contributed by atoms with Crippen molar-refractivity contribution in [1.29, 1.82) is 0 Å². The monoisotopic (exact) mass is 214 g/mol. The third-order valence-electron chi connectivity index (χ3n) is 2.59. The zero-order valence-electron chi connectivity index (χ0n) is 7.76. The fourth-order valence-electron chi connectivity index (χ4n) is 1.48. The first-order chi connectivity index (χ1) is 6.75. The van der Waals surface area contributed by atoms with Gasteiger partial charge in [-0.25, -0.2) is 9.37 Å². The summed E-state index contributed by atoms with van der Waals surface area (Å²) in [7, 11) is 0. The maximum atomic E-state index is 13.2. The summed E-state index contributed by atoms with van der Waals surface area (Å²) in [5.74, 6) is 0.616. The Morgan fingerprint density at radius 3 is 2.93 bits per heavy atom. The molecule has 1 aliphatic rings. The van der Waals surface area contributed by atoms with Crippen molar-refractivity contribution in [3.05, 3.63) is 23.1 Å². The SMILES string of the molecule is Fc1cc(Cl)cnc1NCC1CCC1. The largest absolute Gasteiger partial charge is 0.367 e. The molecule has 1 aromatic heterocycles. The molecule has 0 radical (unpaired) electrons. The van der Waals surface area contributed by atoms with Crippen LogP contribution in [0.3, 0.4) is 0 Å². The lowest BCUT2D eigenvalue weighted by molar-refractivity contribution is 0.333. The van der Waals surface area contributed by atoms with Gasteiger partial charge < -0.3 is 5.32 Å². The van der Waals surface area contributed by atoms with Gasteiger partial charge in [0.2, 0.25) is 0 Å². The highest BCUT2D eigenvalue weighted by atomic mass is 35.5. The molecule has 0 aliphatic heterocycles. The van der Waals surface area contributed by atoms with Crippen molar-refractivity contribution in [2.75, 3.05) is 11.9 Å². The highest BCUT2D eigenvalue weighted by Gasteiger charge is 2.17. The lowest BCUT2D eigenvalue weighted by Gasteiger charge is -2.25. The van der Waals surface area contributed by atoms with Gasteiger partial charge in [-0.2, -0.15) is 0 Å². The Morgan fingerprint density at radius 2 is 2.36 bits per heavy atom. The van der Waals surface area contributed by atoms with Crippen LogP contribution in [0.1, 0.15) is 19.3 Å². The average Bonchev–Trinajstić information content (AvgIpc) is 2.05. The van der Waals surface area contributed by atoms with Crippen LogP contribution in [0.2, 0.25) is 5.02 Å². The minimum Gasteiger partial charge on any atom is -0.367 e. The number of pyridine rings is 1. The Kier molecular flexibility index (Phi) is 2.87. The number of aromatic nitrogens is 1. The summed E-state index contributed by atoms with van der Waals surface area (Å²) in [4.78, 5) is 3.89. The Morgan fingerprint density at radius 1 is 1.57 bits per heavy atom. The van der Waals surface area contributed by atoms with Crippen molar-refractivity contribution < 1.29 is 4.39 Å². The van der Waals surface area contributed by atoms with Crippen LogP contribution in [-0.2, 0) is 0 Å². The van der Waals surface area contributed by atoms with E-state index in [1.165, 1.54) is 31.5 Å². The van der Waals surface area contributed by atoms with E-state index >= 15 is 0 Å². The fourth-order valence-corrected chi connectivity index (χ4v) is 1.63. The normalized spacial score (nSPS) is 16.4. The van der Waals surface area contributed by atoms with E-state index in [4.69, 9.17) is 11.6 Å². The summed E-state index contributed by atoms with van der Waals surface area (Å²) in [6.07, 6.45) is 5.22. The van der Waals surface area contributed by atoms with Crippen molar-refractivity contribution in [2.45, 2.75) is 19.3 Å². The number of hydrogen-bond donors (Lipinski definition) is 1. The summed E-state index contributed by atoms with van der Waals surface area (Å²) < 4.78 is 13.2. The van der Waals surface area contributed by atoms with Crippen LogP contribution in [0, 0.1) is 11.7 Å². The van der Waals surface area contributed by atoms with Crippen molar-refractivity contribution in [2.24, 2.45) is 5.92 Å². The van der Waals surface area contributed by atoms with Gasteiger partial charge >= 0.3 is 0 Å². The lowest BCUT2D eigenvalue weighted by Crippen LogP contribution is -2.21. The lowest BCUT2D eigenvalue weighted by atomic mass is 9.85. The fraction of sp³-hybridized carbons (Fsp3) is 0.500. The van der Waals surface area contributed by atoms with Gasteiger partial charge in [0.05, 0.1) is 5.02 Å². The van der Waals surface area contributed by atoms with Gasteiger partial charge in [-0.15, -0.1) is 0 Å². The molecule has 1 saturated carbocycles. The predicted molar refractivity (Wildman–Crippen MR) is 55.0 cm³/mol. The standard InChI is InChI=1S/C10H12ClFN2/c11-8-4-9(12)10(14-6-8)13-5-7-2-1-3-7/h4,6-7H,1-3,5H2,(H,13,14). The summed E-state index contributed by atoms with van der Waals surface area (Å²) in [5, 5.41) is 3.33. The summed E-state index contributed by atoms with van der Waals surface area (Å²) in [6.45, 7) is 0.811. The van der Waals surface area contributed by atoms with E-state index in [9.17, 15) is 4.39 Å². The molecule has 4 heteroatoms. The van der Waals surface area contributed by atoms with Crippen LogP contribution >= 0.6 is 11.6 Å². The first kappa shape index (κ1) is 9.71. The number of rotatable bonds is 3. The van der Waals surface area contributed by atoms with E-state index in [-0.39, 0.29) is 5.82 Å². The van der Waals surface area contributed by atoms with Gasteiger partial charge in [-0.1, -0.05) is 18.0 Å². The molecule has 0 spiro atoms. The predicted octanol–water partition coefficient (Wildman–Crippen LogP) is 3.09. The van der Waals surface area contributed by atoms with Crippen LogP contribution in [-0.4, -0.2) is 11.5 Å². The second kappa shape index (κ2) is 4.13. The number of hydrogen-bond acceptors (Lipinski definition) is 2. The van der Waals surface area contributed by atoms with Crippen molar-refractivity contribution >= 4 is 17.4 Å². The van der Waals surface area contributed by atoms with Crippen LogP contribution < -0.4 is 5.32 Å². The molecular weight excluding hydrogens is 203 g/mol. The van der Waals surface area contributed by atoms with Crippen LogP contribution in [0.25, 0.3) is 0 Å². The molecule has 1 N–H and O–H groups in total. The van der Waals surface area contributed by atoms with Gasteiger partial charge in [0.15, 0.2) is 11.6 Å². The molecule has 1 aromatic rings. The summed E-state index contributed by atoms with van der Waals surface area (Å²) >= 11 is 5.59. The van der Waals surface area contributed by atoms with E-state index in [2.05, 4.69) is 10.3 Å². The third-order valence-corrected chi connectivity index (χ3v) is 2.80. The van der Waals surface area contributed by atoms with Gasteiger partial charge in [0.1, 0.15) is 0 Å². The zero-order valence-corrected chi connectivity index (χ0v) is 8.52. The molecular formula is C10H12ClFN2. The van der Waals surface area contributed by atoms with E-state index in [0.29, 0.717) is 16.8 Å². The molecule has 1 heterocycles. The second-order valence-electron chi connectivity index (χ2n) is 3.66. The highest BCUT2D eigenvalue weighted by Crippen LogP contribution is 2.26. The average molecular weight is 215 g/mol. The molecule has 0 aromatic carbocycles. The molecule has 0 amide bonds. The number of nitrogens with one attached hydrogen (secondary N) is 1. The van der Waals surface area contributed by atoms with Crippen molar-refractivity contribution in [3.8, 4) is 0 Å². The molecule has 0 unspecified atom stereocenters. The van der Waals surface area contributed by atoms with Crippen LogP contribution in [0.15, 0.2) is 12.3 Å². The zero-order chi connectivity index (χ0) is 9.97. The van der Waals surface area contributed by atoms with Crippen molar-refractivity contribution in [3.63, 3.8) is 0 Å². The second-order valence-corrected chi connectivity index (χ2v) is 4.10. The first-order valence-corrected chi connectivity index (χ1v) is 5.18. The minimum atomic E-state index is -0.378. The van der Waals surface area contributed by atoms with Crippen LogP contribution in [0.4, 0.5) is 10.2 Å². The number of halogens is 2. The van der Waals surface area contributed by atoms with E-state index in [1.807, 2.05) is 0 Å². The summed E-state index contributed by atoms with van der Waals surface area (Å²) in [5.41, 5.74) is 0. The molecule has 0 atom stereocenters. The van der Waals surface area contributed by atoms with E-state index < -0.39 is 0 Å². The number of anilines is 1. The first-order valence-electron chi connectivity index (χ1n) is 4.80. The molecule has 76 valence electrons. The Labute approximate surface area is 87.5 Å². The molecule has 1 fully saturated rings. The topological polar surface area (TPSA) is 24.9 Å². The Bertz CT molecular complexity index is 326. The smallest absolute Gasteiger partial charge is 0.166 e. The highest BCUT2D eigenvalue weighted by molar-refractivity contribution is 6.30. The Balaban J connectivity index is 1.94.